The van der Waals surface area contributed by atoms with Crippen molar-refractivity contribution < 1.29 is 70.5 Å². The van der Waals surface area contributed by atoms with E-state index in [4.69, 9.17) is 19.2 Å². The molecule has 0 aliphatic rings. The smallest absolute Gasteiger partial charge is 1.00 e. The van der Waals surface area contributed by atoms with E-state index >= 15 is 0 Å². The van der Waals surface area contributed by atoms with Crippen molar-refractivity contribution in [2.24, 2.45) is 0 Å². The third-order valence-corrected chi connectivity index (χ3v) is 0. The first kappa shape index (κ1) is 15.9. The summed E-state index contributed by atoms with van der Waals surface area (Å²) in [4.78, 5) is 21.6. The van der Waals surface area contributed by atoms with Crippen LogP contribution in [-0.4, -0.2) is 14.7 Å². The maximum atomic E-state index is 8.88. The first-order valence-electron chi connectivity index (χ1n) is 0.783. The minimum atomic E-state index is -4.64. The van der Waals surface area contributed by atoms with Gasteiger partial charge in [0.2, 0.25) is 0 Å². The zero-order chi connectivity index (χ0) is 4.50. The van der Waals surface area contributed by atoms with E-state index in [1.54, 1.807) is 0 Å². The van der Waals surface area contributed by atoms with Gasteiger partial charge in [0.1, 0.15) is 0 Å². The van der Waals surface area contributed by atoms with E-state index in [9.17, 15) is 0 Å². The van der Waals surface area contributed by atoms with E-state index in [2.05, 4.69) is 0 Å². The van der Waals surface area contributed by atoms with Crippen molar-refractivity contribution in [3.63, 3.8) is 0 Å². The van der Waals surface area contributed by atoms with Gasteiger partial charge >= 0.3 is 56.2 Å². The molecule has 7 heavy (non-hydrogen) atoms. The van der Waals surface area contributed by atoms with Gasteiger partial charge in [-0.2, -0.15) is 0 Å². The van der Waals surface area contributed by atoms with Gasteiger partial charge in [-0.1, -0.05) is 0 Å². The summed E-state index contributed by atoms with van der Waals surface area (Å²) in [7, 11) is -4.64. The van der Waals surface area contributed by atoms with E-state index in [1.807, 2.05) is 0 Å². The molecule has 0 saturated carbocycles. The number of hydrogen-bond donors (Lipinski definition) is 3. The number of hydrogen-bond acceptors (Lipinski definition) is 1. The molecule has 0 amide bonds. The SMILES string of the molecule is O=P(O)(O)O.[H-].[H-].[Li+].[Na+]. The average molecular weight is 130 g/mol. The van der Waals surface area contributed by atoms with Crippen LogP contribution in [0.1, 0.15) is 2.85 Å². The first-order chi connectivity index (χ1) is 2.00. The molecule has 0 saturated heterocycles. The minimum absolute atomic E-state index is 0. The molecule has 0 aromatic carbocycles. The molecule has 0 spiro atoms. The van der Waals surface area contributed by atoms with Crippen molar-refractivity contribution in [3.05, 3.63) is 0 Å². The zero-order valence-corrected chi connectivity index (χ0v) is 7.09. The van der Waals surface area contributed by atoms with E-state index in [1.165, 1.54) is 0 Å². The van der Waals surface area contributed by atoms with Crippen molar-refractivity contribution in [3.8, 4) is 0 Å². The molecule has 0 atom stereocenters. The van der Waals surface area contributed by atoms with Crippen LogP contribution in [0.2, 0.25) is 0 Å². The van der Waals surface area contributed by atoms with Crippen LogP contribution >= 0.6 is 7.82 Å². The predicted octanol–water partition coefficient (Wildman–Crippen LogP) is -6.70. The molecule has 3 N–H and O–H groups in total. The van der Waals surface area contributed by atoms with Gasteiger partial charge in [-0.25, -0.2) is 4.57 Å². The second-order valence-electron chi connectivity index (χ2n) is 0.513. The largest absolute Gasteiger partial charge is 1.00 e. The second kappa shape index (κ2) is 5.84. The summed E-state index contributed by atoms with van der Waals surface area (Å²) in [6, 6.07) is 0. The Morgan fingerprint density at radius 2 is 1.29 bits per heavy atom. The fourth-order valence-corrected chi connectivity index (χ4v) is 0. The summed E-state index contributed by atoms with van der Waals surface area (Å²) >= 11 is 0. The molecule has 0 heterocycles. The Balaban J connectivity index is -0.0000000133. The van der Waals surface area contributed by atoms with Gasteiger partial charge in [0.15, 0.2) is 0 Å². The Labute approximate surface area is 78.0 Å². The van der Waals surface area contributed by atoms with Gasteiger partial charge in [0.05, 0.1) is 0 Å². The molecule has 0 unspecified atom stereocenters. The molecule has 0 aliphatic heterocycles. The molecular formula is H5LiNaO4P. The minimum Gasteiger partial charge on any atom is -1.00 e. The van der Waals surface area contributed by atoms with Crippen LogP contribution in [0.4, 0.5) is 0 Å². The van der Waals surface area contributed by atoms with E-state index in [0.717, 1.165) is 0 Å². The maximum absolute atomic E-state index is 8.88. The van der Waals surface area contributed by atoms with E-state index in [-0.39, 0.29) is 51.3 Å². The summed E-state index contributed by atoms with van der Waals surface area (Å²) < 4.78 is 8.88. The summed E-state index contributed by atoms with van der Waals surface area (Å²) in [5.41, 5.74) is 0. The van der Waals surface area contributed by atoms with Crippen molar-refractivity contribution >= 4 is 7.82 Å². The van der Waals surface area contributed by atoms with Gasteiger partial charge in [0.25, 0.3) is 0 Å². The fourth-order valence-electron chi connectivity index (χ4n) is 0. The average Bonchev–Trinajstić information content (AvgIpc) is 0.722. The monoisotopic (exact) mass is 130 g/mol. The molecule has 0 rings (SSSR count). The summed E-state index contributed by atoms with van der Waals surface area (Å²) in [5.74, 6) is 0. The Morgan fingerprint density at radius 3 is 1.29 bits per heavy atom. The molecule has 0 radical (unpaired) electrons. The number of phosphoric acid groups is 1. The van der Waals surface area contributed by atoms with Crippen molar-refractivity contribution in [1.82, 2.24) is 0 Å². The number of rotatable bonds is 0. The second-order valence-corrected chi connectivity index (χ2v) is 1.54. The Hall–Kier alpha value is 1.71. The maximum Gasteiger partial charge on any atom is 1.00 e. The first-order valence-corrected chi connectivity index (χ1v) is 2.35. The van der Waals surface area contributed by atoms with Crippen LogP contribution in [-0.2, 0) is 4.57 Å². The van der Waals surface area contributed by atoms with Crippen LogP contribution in [0, 0.1) is 0 Å². The third kappa shape index (κ3) is 86.1. The quantitative estimate of drug-likeness (QED) is 0.225. The Kier molecular flexibility index (Phi) is 13.2. The van der Waals surface area contributed by atoms with Crippen molar-refractivity contribution in [1.29, 1.82) is 0 Å². The van der Waals surface area contributed by atoms with E-state index in [0.29, 0.717) is 0 Å². The topological polar surface area (TPSA) is 77.8 Å². The molecule has 4 nitrogen and oxygen atoms in total. The van der Waals surface area contributed by atoms with Crippen LogP contribution < -0.4 is 48.4 Å². The van der Waals surface area contributed by atoms with Gasteiger partial charge in [-0.05, 0) is 0 Å². The van der Waals surface area contributed by atoms with Crippen molar-refractivity contribution in [2.75, 3.05) is 0 Å². The Morgan fingerprint density at radius 1 is 1.29 bits per heavy atom. The van der Waals surface area contributed by atoms with Gasteiger partial charge in [-0.3, -0.25) is 0 Å². The Bertz CT molecular complexity index is 64.7. The standard InChI is InChI=1S/Li.Na.H3O4P.2H/c;;1-5(2,3)4;;/h;;(H3,1,2,3,4);;/q2*+1;;2*-1. The van der Waals surface area contributed by atoms with Crippen molar-refractivity contribution in [2.45, 2.75) is 0 Å². The molecule has 7 heteroatoms. The predicted molar refractivity (Wildman–Crippen MR) is 16.5 cm³/mol. The fraction of sp³-hybridized carbons (Fsp3) is 0. The van der Waals surface area contributed by atoms with Crippen LogP contribution in [0.25, 0.3) is 0 Å². The summed E-state index contributed by atoms with van der Waals surface area (Å²) in [6.07, 6.45) is 0. The molecule has 0 aromatic heterocycles. The van der Waals surface area contributed by atoms with Crippen LogP contribution in [0.15, 0.2) is 0 Å². The molecule has 0 bridgehead atoms. The molecule has 0 aromatic rings. The molecule has 0 aliphatic carbocycles. The molecule has 36 valence electrons. The van der Waals surface area contributed by atoms with Gasteiger partial charge < -0.3 is 17.5 Å². The summed E-state index contributed by atoms with van der Waals surface area (Å²) in [6.45, 7) is 0. The van der Waals surface area contributed by atoms with Crippen LogP contribution in [0.5, 0.6) is 0 Å². The zero-order valence-electron chi connectivity index (χ0n) is 6.20. The van der Waals surface area contributed by atoms with E-state index < -0.39 is 7.82 Å². The van der Waals surface area contributed by atoms with Gasteiger partial charge in [-0.15, -0.1) is 0 Å². The molecular weight excluding hydrogens is 125 g/mol. The van der Waals surface area contributed by atoms with Crippen LogP contribution in [0.3, 0.4) is 0 Å². The van der Waals surface area contributed by atoms with Gasteiger partial charge in [0, 0.05) is 0 Å². The summed E-state index contributed by atoms with van der Waals surface area (Å²) in [5, 5.41) is 0. The molecule has 0 fully saturated rings. The normalized spacial score (nSPS) is 8.43. The third-order valence-electron chi connectivity index (χ3n) is 0.